The molecule has 1 aromatic carbocycles. The average Bonchev–Trinajstić information content (AvgIpc) is 2.94. The molecule has 1 atom stereocenters. The van der Waals surface area contributed by atoms with E-state index >= 15 is 0 Å². The molecule has 2 aromatic rings. The van der Waals surface area contributed by atoms with Crippen LogP contribution < -0.4 is 0 Å². The van der Waals surface area contributed by atoms with Gasteiger partial charge in [-0.05, 0) is 57.0 Å². The normalized spacial score (nSPS) is 18.4. The molecule has 0 saturated carbocycles. The van der Waals surface area contributed by atoms with Gasteiger partial charge in [0.25, 0.3) is 0 Å². The van der Waals surface area contributed by atoms with E-state index in [-0.39, 0.29) is 11.8 Å². The van der Waals surface area contributed by atoms with E-state index in [1.807, 2.05) is 42.5 Å². The third kappa shape index (κ3) is 3.27. The number of amides is 1. The molecular weight excluding hydrogens is 332 g/mol. The summed E-state index contributed by atoms with van der Waals surface area (Å²) >= 11 is 5.23. The molecule has 1 fully saturated rings. The predicted molar refractivity (Wildman–Crippen MR) is 101 cm³/mol. The fraction of sp³-hybridized carbons (Fsp3) is 0.526. The summed E-state index contributed by atoms with van der Waals surface area (Å²) in [6.07, 6.45) is 2.02. The third-order valence-electron chi connectivity index (χ3n) is 5.34. The van der Waals surface area contributed by atoms with Crippen LogP contribution in [0.2, 0.25) is 0 Å². The highest BCUT2D eigenvalue weighted by molar-refractivity contribution is 7.71. The molecule has 5 nitrogen and oxygen atoms in total. The molecule has 0 radical (unpaired) electrons. The maximum absolute atomic E-state index is 13.3. The van der Waals surface area contributed by atoms with Gasteiger partial charge >= 0.3 is 0 Å². The van der Waals surface area contributed by atoms with Crippen molar-refractivity contribution in [1.29, 1.82) is 0 Å². The first-order chi connectivity index (χ1) is 11.8. The largest absolute Gasteiger partial charge is 0.341 e. The minimum atomic E-state index is -0.538. The number of likely N-dealkylation sites (tertiary alicyclic amines) is 1. The number of nitrogens with zero attached hydrogens (tertiary/aromatic N) is 3. The Morgan fingerprint density at radius 2 is 2.08 bits per heavy atom. The molecule has 0 unspecified atom stereocenters. The lowest BCUT2D eigenvalue weighted by atomic mass is 9.80. The highest BCUT2D eigenvalue weighted by Gasteiger charge is 2.37. The molecule has 0 aliphatic carbocycles. The first-order valence-electron chi connectivity index (χ1n) is 8.79. The van der Waals surface area contributed by atoms with Crippen LogP contribution in [-0.4, -0.2) is 38.7 Å². The number of nitrogens with one attached hydrogen (secondary N) is 1. The van der Waals surface area contributed by atoms with E-state index < -0.39 is 5.41 Å². The highest BCUT2D eigenvalue weighted by Crippen LogP contribution is 2.32. The number of hydrogen-bond donors (Lipinski definition) is 1. The summed E-state index contributed by atoms with van der Waals surface area (Å²) < 4.78 is 2.54. The summed E-state index contributed by atoms with van der Waals surface area (Å²) in [5.74, 6) is 1.35. The van der Waals surface area contributed by atoms with E-state index in [1.165, 1.54) is 0 Å². The zero-order valence-electron chi connectivity index (χ0n) is 15.4. The zero-order chi connectivity index (χ0) is 18.2. The molecule has 1 aromatic heterocycles. The van der Waals surface area contributed by atoms with Gasteiger partial charge in [-0.3, -0.25) is 9.89 Å². The predicted octanol–water partition coefficient (Wildman–Crippen LogP) is 3.47. The third-order valence-corrected chi connectivity index (χ3v) is 5.71. The van der Waals surface area contributed by atoms with Gasteiger partial charge in [0.15, 0.2) is 4.77 Å². The summed E-state index contributed by atoms with van der Waals surface area (Å²) in [6.45, 7) is 7.62. The number of H-pyrrole nitrogens is 1. The first kappa shape index (κ1) is 17.9. The van der Waals surface area contributed by atoms with E-state index in [0.29, 0.717) is 11.3 Å². The van der Waals surface area contributed by atoms with Crippen molar-refractivity contribution in [3.8, 4) is 0 Å². The number of benzene rings is 1. The van der Waals surface area contributed by atoms with Crippen LogP contribution in [0.5, 0.6) is 0 Å². The lowest BCUT2D eigenvalue weighted by molar-refractivity contribution is -0.137. The number of carbonyl (C=O) groups excluding carboxylic acids is 1. The van der Waals surface area contributed by atoms with Gasteiger partial charge in [0.1, 0.15) is 5.82 Å². The Hall–Kier alpha value is -1.95. The van der Waals surface area contributed by atoms with Crippen molar-refractivity contribution in [3.63, 3.8) is 0 Å². The van der Waals surface area contributed by atoms with Crippen molar-refractivity contribution in [2.45, 2.75) is 44.9 Å². The maximum atomic E-state index is 13.3. The SMILES string of the molecule is Cc1ccccc1C(C)(C)C(=O)N1CCC[C@H](c2n[nH]c(=S)n2C)C1. The van der Waals surface area contributed by atoms with Crippen molar-refractivity contribution in [2.24, 2.45) is 7.05 Å². The second-order valence-electron chi connectivity index (χ2n) is 7.48. The molecule has 2 heterocycles. The number of aryl methyl sites for hydroxylation is 1. The second kappa shape index (κ2) is 6.75. The molecule has 134 valence electrons. The topological polar surface area (TPSA) is 53.9 Å². The number of rotatable bonds is 3. The molecule has 0 bridgehead atoms. The van der Waals surface area contributed by atoms with Gasteiger partial charge in [0.2, 0.25) is 5.91 Å². The highest BCUT2D eigenvalue weighted by atomic mass is 32.1. The lowest BCUT2D eigenvalue weighted by Crippen LogP contribution is -2.48. The number of aromatic amines is 1. The van der Waals surface area contributed by atoms with E-state index in [4.69, 9.17) is 12.2 Å². The van der Waals surface area contributed by atoms with Gasteiger partial charge in [-0.15, -0.1) is 0 Å². The van der Waals surface area contributed by atoms with Gasteiger partial charge in [-0.2, -0.15) is 5.10 Å². The van der Waals surface area contributed by atoms with Crippen LogP contribution in [0.15, 0.2) is 24.3 Å². The summed E-state index contributed by atoms with van der Waals surface area (Å²) in [6, 6.07) is 8.15. The van der Waals surface area contributed by atoms with Crippen LogP contribution in [0, 0.1) is 11.7 Å². The van der Waals surface area contributed by atoms with E-state index in [0.717, 1.165) is 36.3 Å². The molecule has 25 heavy (non-hydrogen) atoms. The molecule has 1 N–H and O–H groups in total. The van der Waals surface area contributed by atoms with Gasteiger partial charge in [-0.1, -0.05) is 24.3 Å². The van der Waals surface area contributed by atoms with Gasteiger partial charge < -0.3 is 9.47 Å². The monoisotopic (exact) mass is 358 g/mol. The van der Waals surface area contributed by atoms with Crippen LogP contribution in [0.25, 0.3) is 0 Å². The fourth-order valence-electron chi connectivity index (χ4n) is 3.88. The van der Waals surface area contributed by atoms with E-state index in [9.17, 15) is 4.79 Å². The Balaban J connectivity index is 1.83. The van der Waals surface area contributed by atoms with Crippen LogP contribution >= 0.6 is 12.2 Å². The Morgan fingerprint density at radius 1 is 1.36 bits per heavy atom. The van der Waals surface area contributed by atoms with Crippen molar-refractivity contribution in [1.82, 2.24) is 19.7 Å². The second-order valence-corrected chi connectivity index (χ2v) is 7.86. The zero-order valence-corrected chi connectivity index (χ0v) is 16.2. The van der Waals surface area contributed by atoms with Gasteiger partial charge in [0.05, 0.1) is 5.41 Å². The average molecular weight is 359 g/mol. The maximum Gasteiger partial charge on any atom is 0.232 e. The fourth-order valence-corrected chi connectivity index (χ4v) is 4.02. The molecule has 1 amide bonds. The Bertz CT molecular complexity index is 836. The van der Waals surface area contributed by atoms with Crippen LogP contribution in [0.3, 0.4) is 0 Å². The Kier molecular flexibility index (Phi) is 4.82. The van der Waals surface area contributed by atoms with Crippen LogP contribution in [0.1, 0.15) is 49.6 Å². The Morgan fingerprint density at radius 3 is 2.72 bits per heavy atom. The molecule has 1 aliphatic rings. The van der Waals surface area contributed by atoms with Gasteiger partial charge in [-0.25, -0.2) is 0 Å². The van der Waals surface area contributed by atoms with Crippen LogP contribution in [0.4, 0.5) is 0 Å². The molecule has 3 rings (SSSR count). The van der Waals surface area contributed by atoms with Gasteiger partial charge in [0, 0.05) is 26.1 Å². The van der Waals surface area contributed by atoms with Crippen molar-refractivity contribution in [3.05, 3.63) is 46.0 Å². The van der Waals surface area contributed by atoms with Crippen molar-refractivity contribution < 1.29 is 4.79 Å². The standard InChI is InChI=1S/C19H26N4OS/c1-13-8-5-6-10-15(13)19(2,3)17(24)23-11-7-9-14(12-23)16-20-21-18(25)22(16)4/h5-6,8,10,14H,7,9,11-12H2,1-4H3,(H,21,25)/t14-/m0/s1. The smallest absolute Gasteiger partial charge is 0.232 e. The Labute approximate surface area is 154 Å². The van der Waals surface area contributed by atoms with Crippen molar-refractivity contribution >= 4 is 18.1 Å². The molecule has 1 saturated heterocycles. The lowest BCUT2D eigenvalue weighted by Gasteiger charge is -2.38. The number of hydrogen-bond acceptors (Lipinski definition) is 3. The van der Waals surface area contributed by atoms with E-state index in [1.54, 1.807) is 0 Å². The molecule has 1 aliphatic heterocycles. The molecular formula is C19H26N4OS. The van der Waals surface area contributed by atoms with Crippen molar-refractivity contribution in [2.75, 3.05) is 13.1 Å². The summed E-state index contributed by atoms with van der Waals surface area (Å²) in [7, 11) is 1.93. The number of aromatic nitrogens is 3. The quantitative estimate of drug-likeness (QED) is 0.855. The first-order valence-corrected chi connectivity index (χ1v) is 9.20. The number of carbonyl (C=O) groups is 1. The minimum absolute atomic E-state index is 0.184. The minimum Gasteiger partial charge on any atom is -0.341 e. The van der Waals surface area contributed by atoms with Crippen LogP contribution in [-0.2, 0) is 17.3 Å². The number of piperidine rings is 1. The molecule has 0 spiro atoms. The summed E-state index contributed by atoms with van der Waals surface area (Å²) in [4.78, 5) is 15.3. The summed E-state index contributed by atoms with van der Waals surface area (Å²) in [5.41, 5.74) is 1.72. The van der Waals surface area contributed by atoms with E-state index in [2.05, 4.69) is 29.3 Å². The summed E-state index contributed by atoms with van der Waals surface area (Å²) in [5, 5.41) is 7.23. The molecule has 6 heteroatoms.